The molecule has 1 aliphatic rings. The van der Waals surface area contributed by atoms with Gasteiger partial charge in [-0.25, -0.2) is 4.79 Å². The lowest BCUT2D eigenvalue weighted by Gasteiger charge is -2.37. The number of unbranched alkanes of at least 4 members (excludes halogenated alkanes) is 1. The van der Waals surface area contributed by atoms with Crippen molar-refractivity contribution in [3.63, 3.8) is 0 Å². The SMILES string of the molecule is CCCCc1cn(C2C(C)CCCCCC2C(C)C)c(=O)n1Cc1cc(-c2cccc(-c3nn[nH]n3)c2)ccn1. The Labute approximate surface area is 237 Å². The van der Waals surface area contributed by atoms with Gasteiger partial charge in [-0.2, -0.15) is 5.21 Å². The molecule has 0 radical (unpaired) electrons. The summed E-state index contributed by atoms with van der Waals surface area (Å²) in [5, 5.41) is 14.4. The number of nitrogens with zero attached hydrogens (tertiary/aromatic N) is 6. The van der Waals surface area contributed by atoms with Crippen molar-refractivity contribution in [2.75, 3.05) is 0 Å². The van der Waals surface area contributed by atoms with Crippen molar-refractivity contribution in [2.24, 2.45) is 17.8 Å². The van der Waals surface area contributed by atoms with Gasteiger partial charge in [-0.15, -0.1) is 10.2 Å². The Kier molecular flexibility index (Phi) is 8.92. The lowest BCUT2D eigenvalue weighted by Crippen LogP contribution is -2.37. The van der Waals surface area contributed by atoms with Crippen molar-refractivity contribution in [3.05, 3.63) is 70.7 Å². The van der Waals surface area contributed by atoms with E-state index in [9.17, 15) is 4.79 Å². The molecule has 1 aliphatic carbocycles. The number of aromatic nitrogens is 7. The first kappa shape index (κ1) is 28.0. The maximum Gasteiger partial charge on any atom is 0.328 e. The van der Waals surface area contributed by atoms with Crippen LogP contribution in [0.2, 0.25) is 0 Å². The van der Waals surface area contributed by atoms with Gasteiger partial charge in [0.25, 0.3) is 0 Å². The first-order valence-corrected chi connectivity index (χ1v) is 15.1. The molecule has 0 spiro atoms. The summed E-state index contributed by atoms with van der Waals surface area (Å²) in [5.74, 6) is 2.10. The van der Waals surface area contributed by atoms with Gasteiger partial charge in [-0.1, -0.05) is 71.6 Å². The monoisotopic (exact) mass is 541 g/mol. The van der Waals surface area contributed by atoms with E-state index in [2.05, 4.69) is 77.3 Å². The molecule has 3 aromatic heterocycles. The molecule has 1 saturated carbocycles. The fourth-order valence-electron chi connectivity index (χ4n) is 6.51. The molecular weight excluding hydrogens is 498 g/mol. The Hall–Kier alpha value is -3.55. The minimum Gasteiger partial charge on any atom is -0.295 e. The summed E-state index contributed by atoms with van der Waals surface area (Å²) in [6.07, 6.45) is 13.3. The molecule has 1 N–H and O–H groups in total. The van der Waals surface area contributed by atoms with E-state index in [0.717, 1.165) is 47.3 Å². The summed E-state index contributed by atoms with van der Waals surface area (Å²) < 4.78 is 4.10. The van der Waals surface area contributed by atoms with Gasteiger partial charge >= 0.3 is 5.69 Å². The molecule has 1 aromatic carbocycles. The summed E-state index contributed by atoms with van der Waals surface area (Å²) in [6.45, 7) is 9.69. The first-order chi connectivity index (χ1) is 19.5. The van der Waals surface area contributed by atoms with Crippen LogP contribution in [0.3, 0.4) is 0 Å². The van der Waals surface area contributed by atoms with E-state index in [-0.39, 0.29) is 11.7 Å². The highest BCUT2D eigenvalue weighted by Gasteiger charge is 2.33. The molecule has 1 fully saturated rings. The molecule has 5 rings (SSSR count). The number of H-pyrrole nitrogens is 1. The van der Waals surface area contributed by atoms with Crippen LogP contribution in [0.25, 0.3) is 22.5 Å². The van der Waals surface area contributed by atoms with Crippen molar-refractivity contribution in [1.29, 1.82) is 0 Å². The number of rotatable bonds is 9. The number of aromatic amines is 1. The molecule has 0 amide bonds. The van der Waals surface area contributed by atoms with E-state index in [0.29, 0.717) is 30.1 Å². The molecule has 3 atom stereocenters. The maximum absolute atomic E-state index is 14.2. The Morgan fingerprint density at radius 2 is 1.85 bits per heavy atom. The van der Waals surface area contributed by atoms with Gasteiger partial charge < -0.3 is 0 Å². The number of hydrogen-bond donors (Lipinski definition) is 1. The molecule has 8 heteroatoms. The first-order valence-electron chi connectivity index (χ1n) is 15.1. The van der Waals surface area contributed by atoms with Crippen LogP contribution < -0.4 is 5.69 Å². The van der Waals surface area contributed by atoms with Crippen LogP contribution in [-0.2, 0) is 13.0 Å². The fourth-order valence-corrected chi connectivity index (χ4v) is 6.51. The summed E-state index contributed by atoms with van der Waals surface area (Å²) in [7, 11) is 0. The molecule has 3 unspecified atom stereocenters. The van der Waals surface area contributed by atoms with Gasteiger partial charge in [0.1, 0.15) is 0 Å². The zero-order chi connectivity index (χ0) is 28.1. The molecule has 0 aliphatic heterocycles. The average Bonchev–Trinajstić information content (AvgIpc) is 3.59. The van der Waals surface area contributed by atoms with Crippen LogP contribution in [0.15, 0.2) is 53.6 Å². The lowest BCUT2D eigenvalue weighted by atomic mass is 9.75. The summed E-state index contributed by atoms with van der Waals surface area (Å²) in [4.78, 5) is 18.9. The minimum atomic E-state index is 0.112. The van der Waals surface area contributed by atoms with Gasteiger partial charge in [0.2, 0.25) is 5.82 Å². The van der Waals surface area contributed by atoms with Crippen LogP contribution in [-0.4, -0.2) is 34.7 Å². The van der Waals surface area contributed by atoms with Gasteiger partial charge in [-0.05, 0) is 78.0 Å². The van der Waals surface area contributed by atoms with E-state index in [4.69, 9.17) is 4.98 Å². The standard InChI is InChI=1S/C32H43N7O/c1-5-6-14-28-21-39(30-23(4)11-8-7-9-15-29(30)22(2)3)32(40)38(28)20-27-19-25(16-17-33-27)24-12-10-13-26(18-24)31-34-36-37-35-31/h10,12-13,16-19,21-23,29-30H,5-9,11,14-15,20H2,1-4H3,(H,34,35,36,37). The number of aryl methyl sites for hydroxylation is 1. The fraction of sp³-hybridized carbons (Fsp3) is 0.531. The number of hydrogen-bond acceptors (Lipinski definition) is 5. The number of nitrogens with one attached hydrogen (secondary N) is 1. The summed E-state index contributed by atoms with van der Waals surface area (Å²) in [5.41, 5.74) is 5.10. The Morgan fingerprint density at radius 3 is 2.62 bits per heavy atom. The molecule has 0 saturated heterocycles. The zero-order valence-corrected chi connectivity index (χ0v) is 24.4. The van der Waals surface area contributed by atoms with Crippen molar-refractivity contribution in [1.82, 2.24) is 34.7 Å². The van der Waals surface area contributed by atoms with Crippen molar-refractivity contribution in [2.45, 2.75) is 91.6 Å². The Balaban J connectivity index is 1.49. The number of pyridine rings is 1. The number of tetrazole rings is 1. The second kappa shape index (κ2) is 12.7. The molecule has 4 aromatic rings. The second-order valence-electron chi connectivity index (χ2n) is 11.9. The summed E-state index contributed by atoms with van der Waals surface area (Å²) >= 11 is 0. The number of benzene rings is 1. The molecule has 212 valence electrons. The van der Waals surface area contributed by atoms with E-state index >= 15 is 0 Å². The predicted molar refractivity (Wildman–Crippen MR) is 159 cm³/mol. The quantitative estimate of drug-likeness (QED) is 0.255. The third-order valence-electron chi connectivity index (χ3n) is 8.71. The van der Waals surface area contributed by atoms with Crippen LogP contribution in [0.5, 0.6) is 0 Å². The zero-order valence-electron chi connectivity index (χ0n) is 24.4. The summed E-state index contributed by atoms with van der Waals surface area (Å²) in [6, 6.07) is 12.4. The number of imidazole rings is 1. The molecule has 40 heavy (non-hydrogen) atoms. The predicted octanol–water partition coefficient (Wildman–Crippen LogP) is 6.70. The molecular formula is C32H43N7O. The van der Waals surface area contributed by atoms with E-state index < -0.39 is 0 Å². The van der Waals surface area contributed by atoms with Crippen LogP contribution in [0.4, 0.5) is 0 Å². The topological polar surface area (TPSA) is 94.3 Å². The smallest absolute Gasteiger partial charge is 0.295 e. The Bertz CT molecular complexity index is 1440. The van der Waals surface area contributed by atoms with Gasteiger partial charge in [0.15, 0.2) is 0 Å². The normalized spacial score (nSPS) is 20.0. The highest BCUT2D eigenvalue weighted by Crippen LogP contribution is 2.39. The van der Waals surface area contributed by atoms with Crippen LogP contribution in [0.1, 0.15) is 90.1 Å². The Morgan fingerprint density at radius 1 is 1.05 bits per heavy atom. The van der Waals surface area contributed by atoms with Crippen molar-refractivity contribution in [3.8, 4) is 22.5 Å². The largest absolute Gasteiger partial charge is 0.328 e. The van der Waals surface area contributed by atoms with E-state index in [1.165, 1.54) is 32.1 Å². The molecule has 0 bridgehead atoms. The van der Waals surface area contributed by atoms with Crippen LogP contribution >= 0.6 is 0 Å². The lowest BCUT2D eigenvalue weighted by molar-refractivity contribution is 0.151. The highest BCUT2D eigenvalue weighted by atomic mass is 16.1. The van der Waals surface area contributed by atoms with Gasteiger partial charge in [0, 0.05) is 29.7 Å². The minimum absolute atomic E-state index is 0.112. The average molecular weight is 542 g/mol. The maximum atomic E-state index is 14.2. The molecule has 3 heterocycles. The van der Waals surface area contributed by atoms with E-state index in [1.54, 1.807) is 0 Å². The van der Waals surface area contributed by atoms with Crippen LogP contribution in [0, 0.1) is 17.8 Å². The van der Waals surface area contributed by atoms with Crippen molar-refractivity contribution < 1.29 is 0 Å². The van der Waals surface area contributed by atoms with Gasteiger partial charge in [-0.3, -0.25) is 14.1 Å². The van der Waals surface area contributed by atoms with Gasteiger partial charge in [0.05, 0.1) is 12.2 Å². The second-order valence-corrected chi connectivity index (χ2v) is 11.9. The molecule has 8 nitrogen and oxygen atoms in total. The highest BCUT2D eigenvalue weighted by molar-refractivity contribution is 5.70. The van der Waals surface area contributed by atoms with E-state index in [1.807, 2.05) is 29.0 Å². The third-order valence-corrected chi connectivity index (χ3v) is 8.71. The third kappa shape index (κ3) is 6.11. The van der Waals surface area contributed by atoms with Crippen molar-refractivity contribution >= 4 is 0 Å².